The maximum atomic E-state index is 11.8. The predicted octanol–water partition coefficient (Wildman–Crippen LogP) is 3.27. The van der Waals surface area contributed by atoms with Crippen molar-refractivity contribution in [3.8, 4) is 0 Å². The molecule has 0 fully saturated rings. The summed E-state index contributed by atoms with van der Waals surface area (Å²) in [6, 6.07) is 0. The van der Waals surface area contributed by atoms with Crippen LogP contribution in [0.15, 0.2) is 23.8 Å². The van der Waals surface area contributed by atoms with Crippen LogP contribution in [0.5, 0.6) is 0 Å². The number of methoxy groups -OCH3 is 1. The van der Waals surface area contributed by atoms with E-state index in [-0.39, 0.29) is 5.92 Å². The van der Waals surface area contributed by atoms with Crippen LogP contribution < -0.4 is 0 Å². The van der Waals surface area contributed by atoms with Gasteiger partial charge >= 0.3 is 5.97 Å². The molecule has 0 saturated heterocycles. The highest BCUT2D eigenvalue weighted by atomic mass is 16.5. The molecule has 0 saturated carbocycles. The summed E-state index contributed by atoms with van der Waals surface area (Å²) in [6.45, 7) is 6.74. The second-order valence-corrected chi connectivity index (χ2v) is 5.58. The second kappa shape index (κ2) is 6.19. The van der Waals surface area contributed by atoms with Crippen molar-refractivity contribution in [1.82, 2.24) is 0 Å². The Hall–Kier alpha value is -1.09. The molecule has 102 valence electrons. The van der Waals surface area contributed by atoms with Gasteiger partial charge in [-0.15, -0.1) is 0 Å². The van der Waals surface area contributed by atoms with Gasteiger partial charge in [-0.3, -0.25) is 4.79 Å². The van der Waals surface area contributed by atoms with E-state index in [0.29, 0.717) is 18.9 Å². The number of rotatable bonds is 6. The molecule has 0 amide bonds. The minimum absolute atomic E-state index is 0.0161. The smallest absolute Gasteiger partial charge is 0.314 e. The van der Waals surface area contributed by atoms with E-state index in [1.807, 2.05) is 19.1 Å². The number of ether oxygens (including phenoxy) is 1. The van der Waals surface area contributed by atoms with Crippen molar-refractivity contribution in [1.29, 1.82) is 0 Å². The van der Waals surface area contributed by atoms with E-state index in [9.17, 15) is 9.90 Å². The topological polar surface area (TPSA) is 46.5 Å². The largest absolute Gasteiger partial charge is 0.481 e. The van der Waals surface area contributed by atoms with Crippen molar-refractivity contribution < 1.29 is 14.6 Å². The first-order chi connectivity index (χ1) is 8.42. The zero-order chi connectivity index (χ0) is 13.8. The molecular weight excluding hydrogens is 228 g/mol. The molecule has 0 aromatic rings. The molecule has 0 aliphatic heterocycles. The minimum atomic E-state index is -0.772. The van der Waals surface area contributed by atoms with E-state index in [1.165, 1.54) is 0 Å². The number of hydrogen-bond acceptors (Lipinski definition) is 2. The van der Waals surface area contributed by atoms with Crippen LogP contribution in [-0.2, 0) is 9.53 Å². The molecule has 1 aliphatic carbocycles. The first-order valence-corrected chi connectivity index (χ1v) is 6.52. The van der Waals surface area contributed by atoms with Crippen molar-refractivity contribution >= 4 is 5.97 Å². The molecule has 0 radical (unpaired) electrons. The molecule has 0 heterocycles. The summed E-state index contributed by atoms with van der Waals surface area (Å²) in [5, 5.41) is 9.67. The highest BCUT2D eigenvalue weighted by Crippen LogP contribution is 2.42. The Morgan fingerprint density at radius 1 is 1.56 bits per heavy atom. The van der Waals surface area contributed by atoms with Gasteiger partial charge in [0, 0.05) is 13.7 Å². The summed E-state index contributed by atoms with van der Waals surface area (Å²) in [5.74, 6) is -0.359. The number of carbonyl (C=O) groups is 1. The lowest BCUT2D eigenvalue weighted by atomic mass is 9.66. The van der Waals surface area contributed by atoms with Gasteiger partial charge < -0.3 is 9.84 Å². The Morgan fingerprint density at radius 3 is 2.72 bits per heavy atom. The molecule has 2 unspecified atom stereocenters. The third kappa shape index (κ3) is 3.22. The lowest BCUT2D eigenvalue weighted by Crippen LogP contribution is -2.39. The van der Waals surface area contributed by atoms with Crippen LogP contribution in [0.2, 0.25) is 0 Å². The van der Waals surface area contributed by atoms with Gasteiger partial charge in [0.1, 0.15) is 0 Å². The van der Waals surface area contributed by atoms with Gasteiger partial charge in [-0.2, -0.15) is 0 Å². The highest BCUT2D eigenvalue weighted by molar-refractivity contribution is 5.78. The van der Waals surface area contributed by atoms with Gasteiger partial charge in [0.05, 0.1) is 5.41 Å². The SMILES string of the molecule is COCCC1C=C(C)C=CC1(CC(C)C)C(=O)O. The fraction of sp³-hybridized carbons (Fsp3) is 0.667. The zero-order valence-corrected chi connectivity index (χ0v) is 11.8. The Bertz CT molecular complexity index is 355. The standard InChI is InChI=1S/C15H24O3/c1-11(2)10-15(14(16)17)7-5-12(3)9-13(15)6-8-18-4/h5,7,9,11,13H,6,8,10H2,1-4H3,(H,16,17). The fourth-order valence-corrected chi connectivity index (χ4v) is 2.72. The lowest BCUT2D eigenvalue weighted by Gasteiger charge is -2.37. The molecule has 18 heavy (non-hydrogen) atoms. The summed E-state index contributed by atoms with van der Waals surface area (Å²) >= 11 is 0. The molecular formula is C15H24O3. The quantitative estimate of drug-likeness (QED) is 0.789. The van der Waals surface area contributed by atoms with Crippen LogP contribution in [0.3, 0.4) is 0 Å². The number of aliphatic carboxylic acids is 1. The normalized spacial score (nSPS) is 27.4. The van der Waals surface area contributed by atoms with E-state index in [4.69, 9.17) is 4.74 Å². The Kier molecular flexibility index (Phi) is 5.15. The Labute approximate surface area is 110 Å². The van der Waals surface area contributed by atoms with Crippen molar-refractivity contribution in [2.24, 2.45) is 17.3 Å². The molecule has 1 rings (SSSR count). The minimum Gasteiger partial charge on any atom is -0.481 e. The summed E-state index contributed by atoms with van der Waals surface area (Å²) < 4.78 is 5.11. The first kappa shape index (κ1) is 15.0. The van der Waals surface area contributed by atoms with Crippen molar-refractivity contribution in [3.05, 3.63) is 23.8 Å². The molecule has 0 aromatic carbocycles. The molecule has 1 N–H and O–H groups in total. The van der Waals surface area contributed by atoms with Crippen LogP contribution >= 0.6 is 0 Å². The van der Waals surface area contributed by atoms with E-state index in [2.05, 4.69) is 19.9 Å². The average molecular weight is 252 g/mol. The molecule has 0 bridgehead atoms. The second-order valence-electron chi connectivity index (χ2n) is 5.58. The van der Waals surface area contributed by atoms with Crippen molar-refractivity contribution in [2.45, 2.75) is 33.6 Å². The fourth-order valence-electron chi connectivity index (χ4n) is 2.72. The Balaban J connectivity index is 3.04. The number of carboxylic acid groups (broad SMARTS) is 1. The van der Waals surface area contributed by atoms with Crippen LogP contribution in [0, 0.1) is 17.3 Å². The van der Waals surface area contributed by atoms with Crippen LogP contribution in [0.25, 0.3) is 0 Å². The van der Waals surface area contributed by atoms with E-state index in [1.54, 1.807) is 7.11 Å². The molecule has 3 heteroatoms. The van der Waals surface area contributed by atoms with Crippen molar-refractivity contribution in [3.63, 3.8) is 0 Å². The highest BCUT2D eigenvalue weighted by Gasteiger charge is 2.44. The Morgan fingerprint density at radius 2 is 2.22 bits per heavy atom. The van der Waals surface area contributed by atoms with E-state index < -0.39 is 11.4 Å². The predicted molar refractivity (Wildman–Crippen MR) is 72.4 cm³/mol. The molecule has 2 atom stereocenters. The van der Waals surface area contributed by atoms with Gasteiger partial charge in [-0.1, -0.05) is 37.6 Å². The maximum absolute atomic E-state index is 11.8. The van der Waals surface area contributed by atoms with Crippen LogP contribution in [0.1, 0.15) is 33.6 Å². The first-order valence-electron chi connectivity index (χ1n) is 6.52. The monoisotopic (exact) mass is 252 g/mol. The number of hydrogen-bond donors (Lipinski definition) is 1. The van der Waals surface area contributed by atoms with E-state index in [0.717, 1.165) is 12.0 Å². The third-order valence-corrected chi connectivity index (χ3v) is 3.55. The van der Waals surface area contributed by atoms with Crippen molar-refractivity contribution in [2.75, 3.05) is 13.7 Å². The maximum Gasteiger partial charge on any atom is 0.314 e. The summed E-state index contributed by atoms with van der Waals surface area (Å²) in [5.41, 5.74) is 0.364. The van der Waals surface area contributed by atoms with Gasteiger partial charge in [-0.25, -0.2) is 0 Å². The number of carboxylic acids is 1. The van der Waals surface area contributed by atoms with Gasteiger partial charge in [0.25, 0.3) is 0 Å². The van der Waals surface area contributed by atoms with Gasteiger partial charge in [0.15, 0.2) is 0 Å². The van der Waals surface area contributed by atoms with Crippen LogP contribution in [-0.4, -0.2) is 24.8 Å². The molecule has 0 spiro atoms. The summed E-state index contributed by atoms with van der Waals surface area (Å²) in [4.78, 5) is 11.8. The third-order valence-electron chi connectivity index (χ3n) is 3.55. The lowest BCUT2D eigenvalue weighted by molar-refractivity contribution is -0.149. The zero-order valence-electron chi connectivity index (χ0n) is 11.8. The molecule has 0 aromatic heterocycles. The van der Waals surface area contributed by atoms with Crippen LogP contribution in [0.4, 0.5) is 0 Å². The van der Waals surface area contributed by atoms with Gasteiger partial charge in [-0.05, 0) is 31.6 Å². The van der Waals surface area contributed by atoms with Gasteiger partial charge in [0.2, 0.25) is 0 Å². The number of allylic oxidation sites excluding steroid dienone is 3. The molecule has 1 aliphatic rings. The average Bonchev–Trinajstić information content (AvgIpc) is 2.28. The molecule has 3 nitrogen and oxygen atoms in total. The summed E-state index contributed by atoms with van der Waals surface area (Å²) in [7, 11) is 1.65. The van der Waals surface area contributed by atoms with E-state index >= 15 is 0 Å². The summed E-state index contributed by atoms with van der Waals surface area (Å²) in [6.07, 6.45) is 7.30.